The first-order valence-corrected chi connectivity index (χ1v) is 12.1. The molecule has 0 radical (unpaired) electrons. The number of carbonyl (C=O) groups excluding carboxylic acids is 2. The molecule has 1 aromatic rings. The number of nitrogens with one attached hydrogen (secondary N) is 1. The van der Waals surface area contributed by atoms with Crippen molar-refractivity contribution in [3.8, 4) is 5.75 Å². The van der Waals surface area contributed by atoms with Crippen molar-refractivity contribution in [2.24, 2.45) is 5.73 Å². The molecule has 2 fully saturated rings. The average molecular weight is 476 g/mol. The second-order valence-electron chi connectivity index (χ2n) is 6.91. The predicted octanol–water partition coefficient (Wildman–Crippen LogP) is 1.44. The summed E-state index contributed by atoms with van der Waals surface area (Å²) in [5.41, 5.74) is 5.41. The molecule has 2 unspecified atom stereocenters. The summed E-state index contributed by atoms with van der Waals surface area (Å²) >= 11 is 11.3. The van der Waals surface area contributed by atoms with Crippen molar-refractivity contribution in [1.29, 1.82) is 0 Å². The van der Waals surface area contributed by atoms with Crippen LogP contribution >= 0.6 is 23.2 Å². The van der Waals surface area contributed by atoms with Gasteiger partial charge in [-0.05, 0) is 6.07 Å². The molecule has 1 amide bonds. The van der Waals surface area contributed by atoms with Crippen LogP contribution in [0.3, 0.4) is 0 Å². The van der Waals surface area contributed by atoms with Crippen LogP contribution in [0.15, 0.2) is 18.2 Å². The Morgan fingerprint density at radius 3 is 2.52 bits per heavy atom. The number of carbonyl (C=O) groups is 2. The van der Waals surface area contributed by atoms with Gasteiger partial charge in [-0.3, -0.25) is 0 Å². The first-order chi connectivity index (χ1) is 12.9. The predicted molar refractivity (Wildman–Crippen MR) is 108 cm³/mol. The van der Waals surface area contributed by atoms with Gasteiger partial charge in [0.2, 0.25) is 0 Å². The average Bonchev–Trinajstić information content (AvgIpc) is 3.09. The fourth-order valence-electron chi connectivity index (χ4n) is 3.52. The molecule has 0 spiro atoms. The van der Waals surface area contributed by atoms with Crippen LogP contribution in [0.25, 0.3) is 0 Å². The number of hydrogen-bond acceptors (Lipinski definition) is 5. The Morgan fingerprint density at radius 1 is 1.22 bits per heavy atom. The van der Waals surface area contributed by atoms with Crippen molar-refractivity contribution in [2.75, 3.05) is 26.2 Å². The van der Waals surface area contributed by atoms with Crippen LogP contribution < -0.4 is 15.8 Å². The van der Waals surface area contributed by atoms with Gasteiger partial charge < -0.3 is 0 Å². The van der Waals surface area contributed by atoms with E-state index in [2.05, 4.69) is 5.32 Å². The van der Waals surface area contributed by atoms with Crippen molar-refractivity contribution >= 4 is 49.4 Å². The number of likely N-dealkylation sites (tertiary alicyclic amines) is 1. The van der Waals surface area contributed by atoms with Gasteiger partial charge in [0.05, 0.1) is 0 Å². The zero-order valence-electron chi connectivity index (χ0n) is 14.9. The number of hydrogen-bond donors (Lipinski definition) is 2. The van der Waals surface area contributed by atoms with Gasteiger partial charge in [0.15, 0.2) is 0 Å². The summed E-state index contributed by atoms with van der Waals surface area (Å²) in [6.07, 6.45) is 2.33. The van der Waals surface area contributed by atoms with E-state index in [1.165, 1.54) is 0 Å². The molecular formula is C18H24AsCl2N3O3. The SMILES string of the molecule is NCC(=O)[AsH]C1CN[C@@H](C(=O)N2CCC(Oc3cc(Cl)cc(Cl)c3)CC2)C1. The van der Waals surface area contributed by atoms with Crippen LogP contribution in [-0.2, 0) is 9.59 Å². The summed E-state index contributed by atoms with van der Waals surface area (Å²) in [6, 6.07) is 5.00. The van der Waals surface area contributed by atoms with Crippen LogP contribution in [0.4, 0.5) is 0 Å². The Morgan fingerprint density at radius 2 is 1.89 bits per heavy atom. The molecular weight excluding hydrogens is 452 g/mol. The first-order valence-electron chi connectivity index (χ1n) is 9.09. The summed E-state index contributed by atoms with van der Waals surface area (Å²) < 4.78 is 6.47. The van der Waals surface area contributed by atoms with E-state index in [0.717, 1.165) is 25.8 Å². The fraction of sp³-hybridized carbons (Fsp3) is 0.556. The van der Waals surface area contributed by atoms with Gasteiger partial charge in [-0.25, -0.2) is 0 Å². The quantitative estimate of drug-likeness (QED) is 0.608. The maximum atomic E-state index is 12.7. The number of benzene rings is 1. The van der Waals surface area contributed by atoms with Crippen molar-refractivity contribution < 1.29 is 14.3 Å². The molecule has 2 saturated heterocycles. The molecule has 2 heterocycles. The van der Waals surface area contributed by atoms with Gasteiger partial charge in [-0.1, -0.05) is 23.2 Å². The van der Waals surface area contributed by atoms with Crippen molar-refractivity contribution in [3.63, 3.8) is 0 Å². The standard InChI is InChI=1S/C18H24AsCl2N3O3/c20-12-6-13(21)8-15(7-12)27-14-1-3-24(4-2-14)18(26)16-5-11(10-23-16)19-17(25)9-22/h6-8,11,14,16,19,23H,1-5,9-10,22H2/t11?,16-/m1/s1. The Labute approximate surface area is 175 Å². The molecule has 3 atom stereocenters. The third kappa shape index (κ3) is 5.85. The van der Waals surface area contributed by atoms with E-state index in [4.69, 9.17) is 33.7 Å². The second kappa shape index (κ2) is 9.62. The van der Waals surface area contributed by atoms with Crippen LogP contribution in [0.5, 0.6) is 5.75 Å². The van der Waals surface area contributed by atoms with Crippen LogP contribution in [-0.4, -0.2) is 69.5 Å². The maximum absolute atomic E-state index is 12.7. The van der Waals surface area contributed by atoms with Crippen LogP contribution in [0, 0.1) is 0 Å². The molecule has 0 aromatic heterocycles. The molecule has 2 aliphatic rings. The minimum atomic E-state index is -0.736. The Hall–Kier alpha value is -0.782. The molecule has 0 saturated carbocycles. The van der Waals surface area contributed by atoms with Gasteiger partial charge in [0.25, 0.3) is 0 Å². The second-order valence-corrected chi connectivity index (χ2v) is 11.3. The third-order valence-corrected chi connectivity index (χ3v) is 8.19. The normalized spacial score (nSPS) is 23.9. The molecule has 0 bridgehead atoms. The third-order valence-electron chi connectivity index (χ3n) is 4.87. The van der Waals surface area contributed by atoms with Crippen LogP contribution in [0.2, 0.25) is 14.8 Å². The number of halogens is 2. The Kier molecular flexibility index (Phi) is 7.46. The Bertz CT molecular complexity index is 678. The number of ether oxygens (including phenoxy) is 1. The summed E-state index contributed by atoms with van der Waals surface area (Å²) in [4.78, 5) is 26.2. The minimum absolute atomic E-state index is 0.0433. The molecule has 6 nitrogen and oxygen atoms in total. The first kappa shape index (κ1) is 20.9. The molecule has 27 heavy (non-hydrogen) atoms. The molecule has 148 valence electrons. The molecule has 1 aromatic carbocycles. The molecule has 9 heteroatoms. The molecule has 0 aliphatic carbocycles. The number of nitrogens with two attached hydrogens (primary N) is 1. The van der Waals surface area contributed by atoms with Gasteiger partial charge in [-0.15, -0.1) is 0 Å². The fourth-order valence-corrected chi connectivity index (χ4v) is 6.44. The summed E-state index contributed by atoms with van der Waals surface area (Å²) in [5.74, 6) is 0.792. The number of rotatable bonds is 6. The summed E-state index contributed by atoms with van der Waals surface area (Å²) in [6.45, 7) is 2.20. The van der Waals surface area contributed by atoms with E-state index >= 15 is 0 Å². The van der Waals surface area contributed by atoms with E-state index in [-0.39, 0.29) is 29.2 Å². The topological polar surface area (TPSA) is 84.7 Å². The summed E-state index contributed by atoms with van der Waals surface area (Å²) in [5, 5.41) is 4.37. The van der Waals surface area contributed by atoms with Gasteiger partial charge in [0.1, 0.15) is 0 Å². The van der Waals surface area contributed by atoms with E-state index in [1.807, 2.05) is 4.90 Å². The summed E-state index contributed by atoms with van der Waals surface area (Å²) in [7, 11) is 0. The van der Waals surface area contributed by atoms with E-state index in [0.29, 0.717) is 33.6 Å². The van der Waals surface area contributed by atoms with Gasteiger partial charge in [-0.2, -0.15) is 0 Å². The van der Waals surface area contributed by atoms with Crippen LogP contribution in [0.1, 0.15) is 19.3 Å². The van der Waals surface area contributed by atoms with Crippen molar-refractivity contribution in [3.05, 3.63) is 28.2 Å². The Balaban J connectivity index is 1.46. The zero-order chi connectivity index (χ0) is 19.4. The van der Waals surface area contributed by atoms with Gasteiger partial charge >= 0.3 is 147 Å². The van der Waals surface area contributed by atoms with E-state index < -0.39 is 15.8 Å². The monoisotopic (exact) mass is 475 g/mol. The van der Waals surface area contributed by atoms with Gasteiger partial charge in [0, 0.05) is 0 Å². The number of nitrogens with zero attached hydrogens (tertiary/aromatic N) is 1. The molecule has 3 N–H and O–H groups in total. The molecule has 2 aliphatic heterocycles. The number of piperidine rings is 1. The van der Waals surface area contributed by atoms with Crippen molar-refractivity contribution in [1.82, 2.24) is 10.2 Å². The van der Waals surface area contributed by atoms with E-state index in [9.17, 15) is 9.59 Å². The van der Waals surface area contributed by atoms with Crippen molar-refractivity contribution in [2.45, 2.75) is 36.1 Å². The number of amides is 1. The zero-order valence-corrected chi connectivity index (χ0v) is 18.5. The molecule has 3 rings (SSSR count). The van der Waals surface area contributed by atoms with E-state index in [1.54, 1.807) is 18.2 Å².